The molecule has 0 aliphatic heterocycles. The van der Waals surface area contributed by atoms with Gasteiger partial charge in [-0.25, -0.2) is 0 Å². The average molecular weight is 346 g/mol. The lowest BCUT2D eigenvalue weighted by molar-refractivity contribution is 0.102. The number of aryl methyl sites for hydroxylation is 1. The lowest BCUT2D eigenvalue weighted by Crippen LogP contribution is -2.14. The molecule has 0 atom stereocenters. The van der Waals surface area contributed by atoms with Crippen LogP contribution in [0.2, 0.25) is 0 Å². The summed E-state index contributed by atoms with van der Waals surface area (Å²) >= 11 is 0. The van der Waals surface area contributed by atoms with Crippen LogP contribution in [0, 0.1) is 18.3 Å². The van der Waals surface area contributed by atoms with E-state index in [1.165, 1.54) is 0 Å². The number of carbonyl (C=O) groups excluding carboxylic acids is 1. The second kappa shape index (κ2) is 7.58. The summed E-state index contributed by atoms with van der Waals surface area (Å²) in [6.07, 6.45) is 0. The third-order valence-corrected chi connectivity index (χ3v) is 3.99. The summed E-state index contributed by atoms with van der Waals surface area (Å²) in [7, 11) is 1.55. The van der Waals surface area contributed by atoms with Crippen LogP contribution in [0.1, 0.15) is 15.9 Å². The Bertz CT molecular complexity index is 1010. The van der Waals surface area contributed by atoms with Gasteiger partial charge < -0.3 is 14.8 Å². The van der Waals surface area contributed by atoms with Gasteiger partial charge in [-0.2, -0.15) is 5.26 Å². The number of nitrogens with one attached hydrogen (secondary N) is 1. The molecular formula is C21H18N2O3. The van der Waals surface area contributed by atoms with E-state index in [9.17, 15) is 4.79 Å². The number of anilines is 1. The van der Waals surface area contributed by atoms with E-state index < -0.39 is 0 Å². The largest absolute Gasteiger partial charge is 0.495 e. The number of rotatable bonds is 5. The van der Waals surface area contributed by atoms with Crippen molar-refractivity contribution in [1.82, 2.24) is 0 Å². The Labute approximate surface area is 151 Å². The summed E-state index contributed by atoms with van der Waals surface area (Å²) in [6.45, 7) is 1.80. The molecule has 3 aromatic carbocycles. The van der Waals surface area contributed by atoms with Crippen LogP contribution in [0.25, 0.3) is 10.8 Å². The SMILES string of the molecule is COc1ccc(C)cc1NC(=O)c1cc2ccccc2cc1OCC#N. The van der Waals surface area contributed by atoms with Crippen molar-refractivity contribution in [3.05, 3.63) is 65.7 Å². The number of nitriles is 1. The highest BCUT2D eigenvalue weighted by Gasteiger charge is 2.16. The van der Waals surface area contributed by atoms with Crippen LogP contribution in [0.4, 0.5) is 5.69 Å². The highest BCUT2D eigenvalue weighted by molar-refractivity contribution is 6.09. The standard InChI is InChI=1S/C21H18N2O3/c1-14-7-8-19(25-2)18(11-14)23-21(24)17-12-15-5-3-4-6-16(15)13-20(17)26-10-9-22/h3-8,11-13H,10H2,1-2H3,(H,23,24). The van der Waals surface area contributed by atoms with Crippen LogP contribution in [-0.4, -0.2) is 19.6 Å². The maximum absolute atomic E-state index is 12.9. The number of benzene rings is 3. The van der Waals surface area contributed by atoms with Gasteiger partial charge in [0.1, 0.15) is 17.6 Å². The molecule has 1 amide bonds. The quantitative estimate of drug-likeness (QED) is 0.747. The second-order valence-corrected chi connectivity index (χ2v) is 5.80. The van der Waals surface area contributed by atoms with Gasteiger partial charge in [-0.15, -0.1) is 0 Å². The molecule has 0 aromatic heterocycles. The minimum atomic E-state index is -0.326. The number of fused-ring (bicyclic) bond motifs is 1. The first-order chi connectivity index (χ1) is 12.6. The number of hydrogen-bond donors (Lipinski definition) is 1. The first kappa shape index (κ1) is 17.3. The fraction of sp³-hybridized carbons (Fsp3) is 0.143. The van der Waals surface area contributed by atoms with Crippen molar-refractivity contribution in [2.24, 2.45) is 0 Å². The number of carbonyl (C=O) groups is 1. The van der Waals surface area contributed by atoms with E-state index in [0.29, 0.717) is 22.7 Å². The predicted molar refractivity (Wildman–Crippen MR) is 101 cm³/mol. The number of amides is 1. The van der Waals surface area contributed by atoms with Crippen molar-refractivity contribution in [3.8, 4) is 17.6 Å². The van der Waals surface area contributed by atoms with Gasteiger partial charge >= 0.3 is 0 Å². The number of methoxy groups -OCH3 is 1. The fourth-order valence-electron chi connectivity index (χ4n) is 2.74. The number of hydrogen-bond acceptors (Lipinski definition) is 4. The molecule has 0 aliphatic carbocycles. The van der Waals surface area contributed by atoms with Crippen molar-refractivity contribution < 1.29 is 14.3 Å². The Hall–Kier alpha value is -3.52. The van der Waals surface area contributed by atoms with Gasteiger partial charge in [0.2, 0.25) is 0 Å². The molecular weight excluding hydrogens is 328 g/mol. The molecule has 5 heteroatoms. The van der Waals surface area contributed by atoms with Gasteiger partial charge in [0.15, 0.2) is 6.61 Å². The van der Waals surface area contributed by atoms with Crippen LogP contribution in [0.5, 0.6) is 11.5 Å². The molecule has 0 fully saturated rings. The molecule has 1 N–H and O–H groups in total. The van der Waals surface area contributed by atoms with Crippen molar-refractivity contribution in [3.63, 3.8) is 0 Å². The van der Waals surface area contributed by atoms with Crippen molar-refractivity contribution in [2.75, 3.05) is 19.0 Å². The van der Waals surface area contributed by atoms with Crippen LogP contribution in [0.3, 0.4) is 0 Å². The van der Waals surface area contributed by atoms with Crippen molar-refractivity contribution in [1.29, 1.82) is 5.26 Å². The Kier molecular flexibility index (Phi) is 5.04. The molecule has 3 rings (SSSR count). The maximum atomic E-state index is 12.9. The zero-order valence-corrected chi connectivity index (χ0v) is 14.6. The van der Waals surface area contributed by atoms with Gasteiger partial charge in [-0.3, -0.25) is 4.79 Å². The van der Waals surface area contributed by atoms with Gasteiger partial charge in [0, 0.05) is 0 Å². The zero-order valence-electron chi connectivity index (χ0n) is 14.6. The zero-order chi connectivity index (χ0) is 18.5. The van der Waals surface area contributed by atoms with E-state index in [1.807, 2.05) is 49.4 Å². The number of ether oxygens (including phenoxy) is 2. The van der Waals surface area contributed by atoms with Crippen molar-refractivity contribution in [2.45, 2.75) is 6.92 Å². The summed E-state index contributed by atoms with van der Waals surface area (Å²) in [5, 5.41) is 13.5. The molecule has 0 unspecified atom stereocenters. The van der Waals surface area contributed by atoms with Crippen LogP contribution >= 0.6 is 0 Å². The first-order valence-corrected chi connectivity index (χ1v) is 8.11. The van der Waals surface area contributed by atoms with Crippen molar-refractivity contribution >= 4 is 22.4 Å². The molecule has 0 heterocycles. The molecule has 0 bridgehead atoms. The molecule has 0 saturated carbocycles. The van der Waals surface area contributed by atoms with Gasteiger partial charge in [-0.05, 0) is 47.5 Å². The molecule has 0 saturated heterocycles. The summed E-state index contributed by atoms with van der Waals surface area (Å²) in [5.74, 6) is 0.617. The third kappa shape index (κ3) is 3.60. The van der Waals surface area contributed by atoms with Gasteiger partial charge in [-0.1, -0.05) is 30.3 Å². The lowest BCUT2D eigenvalue weighted by Gasteiger charge is -2.14. The predicted octanol–water partition coefficient (Wildman–Crippen LogP) is 4.31. The molecule has 0 spiro atoms. The van der Waals surface area contributed by atoms with E-state index >= 15 is 0 Å². The average Bonchev–Trinajstić information content (AvgIpc) is 2.65. The molecule has 3 aromatic rings. The van der Waals surface area contributed by atoms with E-state index in [4.69, 9.17) is 14.7 Å². The summed E-state index contributed by atoms with van der Waals surface area (Å²) in [6, 6.07) is 18.7. The minimum absolute atomic E-state index is 0.133. The lowest BCUT2D eigenvalue weighted by atomic mass is 10.0. The molecule has 0 radical (unpaired) electrons. The molecule has 0 aliphatic rings. The van der Waals surface area contributed by atoms with E-state index in [-0.39, 0.29) is 12.5 Å². The normalized spacial score (nSPS) is 10.2. The fourth-order valence-corrected chi connectivity index (χ4v) is 2.74. The molecule has 130 valence electrons. The first-order valence-electron chi connectivity index (χ1n) is 8.11. The van der Waals surface area contributed by atoms with Crippen LogP contribution < -0.4 is 14.8 Å². The third-order valence-electron chi connectivity index (χ3n) is 3.99. The van der Waals surface area contributed by atoms with Crippen LogP contribution in [0.15, 0.2) is 54.6 Å². The second-order valence-electron chi connectivity index (χ2n) is 5.80. The Morgan fingerprint density at radius 2 is 1.81 bits per heavy atom. The minimum Gasteiger partial charge on any atom is -0.495 e. The summed E-state index contributed by atoms with van der Waals surface area (Å²) in [5.41, 5.74) is 1.94. The highest BCUT2D eigenvalue weighted by Crippen LogP contribution is 2.30. The number of nitrogens with zero attached hydrogens (tertiary/aromatic N) is 1. The monoisotopic (exact) mass is 346 g/mol. The van der Waals surface area contributed by atoms with E-state index in [2.05, 4.69) is 5.32 Å². The molecule has 26 heavy (non-hydrogen) atoms. The smallest absolute Gasteiger partial charge is 0.259 e. The topological polar surface area (TPSA) is 71.3 Å². The van der Waals surface area contributed by atoms with E-state index in [0.717, 1.165) is 16.3 Å². The Balaban J connectivity index is 2.01. The summed E-state index contributed by atoms with van der Waals surface area (Å²) in [4.78, 5) is 12.9. The van der Waals surface area contributed by atoms with E-state index in [1.54, 1.807) is 25.3 Å². The summed E-state index contributed by atoms with van der Waals surface area (Å²) < 4.78 is 10.8. The van der Waals surface area contributed by atoms with Gasteiger partial charge in [0.05, 0.1) is 18.4 Å². The highest BCUT2D eigenvalue weighted by atomic mass is 16.5. The molecule has 5 nitrogen and oxygen atoms in total. The maximum Gasteiger partial charge on any atom is 0.259 e. The van der Waals surface area contributed by atoms with Gasteiger partial charge in [0.25, 0.3) is 5.91 Å². The Morgan fingerprint density at radius 1 is 1.08 bits per heavy atom. The van der Waals surface area contributed by atoms with Crippen LogP contribution in [-0.2, 0) is 0 Å². The Morgan fingerprint density at radius 3 is 2.50 bits per heavy atom.